The summed E-state index contributed by atoms with van der Waals surface area (Å²) >= 11 is 0. The number of nitrogens with zero attached hydrogens (tertiary/aromatic N) is 1. The number of amides is 3. The molecule has 0 bridgehead atoms. The summed E-state index contributed by atoms with van der Waals surface area (Å²) in [5.41, 5.74) is 1.42. The average molecular weight is 359 g/mol. The quantitative estimate of drug-likeness (QED) is 0.780. The summed E-state index contributed by atoms with van der Waals surface area (Å²) in [6.07, 6.45) is 2.55. The van der Waals surface area contributed by atoms with E-state index < -0.39 is 6.04 Å². The van der Waals surface area contributed by atoms with Crippen molar-refractivity contribution in [3.8, 4) is 0 Å². The Morgan fingerprint density at radius 1 is 1.12 bits per heavy atom. The van der Waals surface area contributed by atoms with Gasteiger partial charge >= 0.3 is 0 Å². The zero-order valence-electron chi connectivity index (χ0n) is 15.9. The SMILES string of the molecule is Cc1ccccc1C(=O)NC(CC(C)C)C(=O)NCC(=O)N1CCCC1. The highest BCUT2D eigenvalue weighted by molar-refractivity contribution is 5.99. The molecule has 1 aromatic carbocycles. The van der Waals surface area contributed by atoms with Crippen molar-refractivity contribution in [1.29, 1.82) is 0 Å². The molecule has 1 fully saturated rings. The second-order valence-electron chi connectivity index (χ2n) is 7.28. The van der Waals surface area contributed by atoms with Crippen molar-refractivity contribution >= 4 is 17.7 Å². The fourth-order valence-corrected chi connectivity index (χ4v) is 3.13. The van der Waals surface area contributed by atoms with Gasteiger partial charge < -0.3 is 15.5 Å². The third-order valence-electron chi connectivity index (χ3n) is 4.59. The van der Waals surface area contributed by atoms with Crippen LogP contribution in [0.1, 0.15) is 49.0 Å². The van der Waals surface area contributed by atoms with Gasteiger partial charge in [0, 0.05) is 18.7 Å². The minimum absolute atomic E-state index is 0.0202. The highest BCUT2D eigenvalue weighted by Gasteiger charge is 2.25. The summed E-state index contributed by atoms with van der Waals surface area (Å²) in [5, 5.41) is 5.51. The Morgan fingerprint density at radius 3 is 2.38 bits per heavy atom. The molecule has 1 atom stereocenters. The van der Waals surface area contributed by atoms with Crippen LogP contribution in [0.25, 0.3) is 0 Å². The number of hydrogen-bond donors (Lipinski definition) is 2. The van der Waals surface area contributed by atoms with Crippen LogP contribution >= 0.6 is 0 Å². The van der Waals surface area contributed by atoms with E-state index in [9.17, 15) is 14.4 Å². The summed E-state index contributed by atoms with van der Waals surface area (Å²) in [6.45, 7) is 7.35. The van der Waals surface area contributed by atoms with E-state index in [0.29, 0.717) is 12.0 Å². The van der Waals surface area contributed by atoms with Crippen molar-refractivity contribution in [3.63, 3.8) is 0 Å². The summed E-state index contributed by atoms with van der Waals surface area (Å²) in [7, 11) is 0. The molecule has 0 spiro atoms. The number of nitrogens with one attached hydrogen (secondary N) is 2. The van der Waals surface area contributed by atoms with Crippen molar-refractivity contribution < 1.29 is 14.4 Å². The predicted molar refractivity (Wildman–Crippen MR) is 101 cm³/mol. The molecule has 26 heavy (non-hydrogen) atoms. The van der Waals surface area contributed by atoms with Crippen molar-refractivity contribution in [2.24, 2.45) is 5.92 Å². The Hall–Kier alpha value is -2.37. The molecule has 0 aliphatic carbocycles. The molecule has 2 N–H and O–H groups in total. The molecule has 0 radical (unpaired) electrons. The van der Waals surface area contributed by atoms with Gasteiger partial charge in [0.05, 0.1) is 6.54 Å². The van der Waals surface area contributed by atoms with Crippen LogP contribution in [0.3, 0.4) is 0 Å². The van der Waals surface area contributed by atoms with Crippen LogP contribution in [0.4, 0.5) is 0 Å². The first kappa shape index (κ1) is 19.9. The van der Waals surface area contributed by atoms with Crippen LogP contribution in [-0.2, 0) is 9.59 Å². The molecule has 1 aromatic rings. The smallest absolute Gasteiger partial charge is 0.252 e. The average Bonchev–Trinajstić information content (AvgIpc) is 3.13. The van der Waals surface area contributed by atoms with Crippen molar-refractivity contribution in [3.05, 3.63) is 35.4 Å². The first-order valence-electron chi connectivity index (χ1n) is 9.30. The van der Waals surface area contributed by atoms with E-state index in [-0.39, 0.29) is 30.2 Å². The topological polar surface area (TPSA) is 78.5 Å². The van der Waals surface area contributed by atoms with E-state index in [4.69, 9.17) is 0 Å². The third kappa shape index (κ3) is 5.58. The molecule has 2 rings (SSSR count). The van der Waals surface area contributed by atoms with E-state index in [1.54, 1.807) is 17.0 Å². The lowest BCUT2D eigenvalue weighted by Crippen LogP contribution is -2.49. The lowest BCUT2D eigenvalue weighted by molar-refractivity contribution is -0.132. The molecule has 1 unspecified atom stereocenters. The van der Waals surface area contributed by atoms with Gasteiger partial charge in [0.25, 0.3) is 5.91 Å². The Bertz CT molecular complexity index is 651. The summed E-state index contributed by atoms with van der Waals surface area (Å²) in [5.74, 6) is -0.412. The summed E-state index contributed by atoms with van der Waals surface area (Å²) < 4.78 is 0. The number of likely N-dealkylation sites (tertiary alicyclic amines) is 1. The maximum Gasteiger partial charge on any atom is 0.252 e. The van der Waals surface area contributed by atoms with E-state index in [1.807, 2.05) is 32.9 Å². The second-order valence-corrected chi connectivity index (χ2v) is 7.28. The van der Waals surface area contributed by atoms with E-state index in [1.165, 1.54) is 0 Å². The molecule has 0 saturated carbocycles. The fourth-order valence-electron chi connectivity index (χ4n) is 3.13. The van der Waals surface area contributed by atoms with Crippen LogP contribution in [0, 0.1) is 12.8 Å². The van der Waals surface area contributed by atoms with Crippen LogP contribution in [0.15, 0.2) is 24.3 Å². The zero-order chi connectivity index (χ0) is 19.1. The van der Waals surface area contributed by atoms with Crippen molar-refractivity contribution in [2.75, 3.05) is 19.6 Å². The minimum atomic E-state index is -0.659. The maximum atomic E-state index is 12.6. The van der Waals surface area contributed by atoms with Gasteiger partial charge in [0.2, 0.25) is 11.8 Å². The minimum Gasteiger partial charge on any atom is -0.345 e. The Morgan fingerprint density at radius 2 is 1.77 bits per heavy atom. The van der Waals surface area contributed by atoms with Crippen LogP contribution < -0.4 is 10.6 Å². The lowest BCUT2D eigenvalue weighted by Gasteiger charge is -2.21. The molecule has 3 amide bonds. The summed E-state index contributed by atoms with van der Waals surface area (Å²) in [4.78, 5) is 39.0. The normalized spacial score (nSPS) is 15.0. The second kappa shape index (κ2) is 9.36. The molecule has 1 aliphatic heterocycles. The standard InChI is InChI=1S/C20H29N3O3/c1-14(2)12-17(22-19(25)16-9-5-4-8-15(16)3)20(26)21-13-18(24)23-10-6-7-11-23/h4-5,8-9,14,17H,6-7,10-13H2,1-3H3,(H,21,26)(H,22,25). The molecule has 6 nitrogen and oxygen atoms in total. The predicted octanol–water partition coefficient (Wildman–Crippen LogP) is 1.88. The largest absolute Gasteiger partial charge is 0.345 e. The number of hydrogen-bond acceptors (Lipinski definition) is 3. The van der Waals surface area contributed by atoms with Crippen LogP contribution in [-0.4, -0.2) is 48.3 Å². The molecular weight excluding hydrogens is 330 g/mol. The van der Waals surface area contributed by atoms with Gasteiger partial charge in [-0.3, -0.25) is 14.4 Å². The Balaban J connectivity index is 1.96. The van der Waals surface area contributed by atoms with E-state index in [2.05, 4.69) is 10.6 Å². The molecule has 0 aromatic heterocycles. The Labute approximate surface area is 155 Å². The third-order valence-corrected chi connectivity index (χ3v) is 4.59. The molecule has 1 saturated heterocycles. The van der Waals surface area contributed by atoms with Gasteiger partial charge in [0.1, 0.15) is 6.04 Å². The lowest BCUT2D eigenvalue weighted by atomic mass is 10.0. The molecule has 1 aliphatic rings. The molecular formula is C20H29N3O3. The van der Waals surface area contributed by atoms with Gasteiger partial charge in [-0.25, -0.2) is 0 Å². The number of carbonyl (C=O) groups is 3. The molecule has 6 heteroatoms. The van der Waals surface area contributed by atoms with Crippen LogP contribution in [0.5, 0.6) is 0 Å². The number of carbonyl (C=O) groups excluding carboxylic acids is 3. The van der Waals surface area contributed by atoms with Gasteiger partial charge in [-0.2, -0.15) is 0 Å². The highest BCUT2D eigenvalue weighted by Crippen LogP contribution is 2.10. The van der Waals surface area contributed by atoms with Gasteiger partial charge in [-0.15, -0.1) is 0 Å². The zero-order valence-corrected chi connectivity index (χ0v) is 15.9. The van der Waals surface area contributed by atoms with Crippen LogP contribution in [0.2, 0.25) is 0 Å². The first-order chi connectivity index (χ1) is 12.4. The van der Waals surface area contributed by atoms with Gasteiger partial charge in [-0.05, 0) is 43.7 Å². The maximum absolute atomic E-state index is 12.6. The van der Waals surface area contributed by atoms with Gasteiger partial charge in [0.15, 0.2) is 0 Å². The Kier molecular flexibility index (Phi) is 7.18. The molecule has 1 heterocycles. The number of benzene rings is 1. The number of rotatable bonds is 7. The van der Waals surface area contributed by atoms with Crippen molar-refractivity contribution in [1.82, 2.24) is 15.5 Å². The fraction of sp³-hybridized carbons (Fsp3) is 0.550. The van der Waals surface area contributed by atoms with Gasteiger partial charge in [-0.1, -0.05) is 32.0 Å². The van der Waals surface area contributed by atoms with Crippen molar-refractivity contribution in [2.45, 2.75) is 46.1 Å². The highest BCUT2D eigenvalue weighted by atomic mass is 16.2. The first-order valence-corrected chi connectivity index (χ1v) is 9.30. The monoisotopic (exact) mass is 359 g/mol. The number of aryl methyl sites for hydroxylation is 1. The van der Waals surface area contributed by atoms with E-state index >= 15 is 0 Å². The summed E-state index contributed by atoms with van der Waals surface area (Å²) in [6, 6.07) is 6.61. The van der Waals surface area contributed by atoms with E-state index in [0.717, 1.165) is 31.5 Å². The molecule has 142 valence electrons.